The molecule has 0 bridgehead atoms. The number of anilines is 2. The number of urea groups is 1. The second-order valence-electron chi connectivity index (χ2n) is 14.6. The first kappa shape index (κ1) is 44.4. The minimum atomic E-state index is -0.775. The van der Waals surface area contributed by atoms with Crippen LogP contribution in [0.3, 0.4) is 0 Å². The lowest BCUT2D eigenvalue weighted by Crippen LogP contribution is -2.34. The van der Waals surface area contributed by atoms with Gasteiger partial charge in [0.15, 0.2) is 11.5 Å². The van der Waals surface area contributed by atoms with Crippen LogP contribution in [0, 0.1) is 17.9 Å². The highest BCUT2D eigenvalue weighted by Crippen LogP contribution is 2.38. The van der Waals surface area contributed by atoms with Crippen molar-refractivity contribution in [1.82, 2.24) is 5.32 Å². The fraction of sp³-hybridized carbons (Fsp3) is 0.0196. The Morgan fingerprint density at radius 1 is 0.662 bits per heavy atom. The van der Waals surface area contributed by atoms with Crippen molar-refractivity contribution in [2.45, 2.75) is 6.61 Å². The number of hydrogen-bond acceptors (Lipinski definition) is 14. The molecule has 8 aromatic rings. The van der Waals surface area contributed by atoms with E-state index in [1.165, 1.54) is 24.3 Å². The second-order valence-corrected chi connectivity index (χ2v) is 14.6. The van der Waals surface area contributed by atoms with Crippen LogP contribution in [-0.2, 0) is 16.3 Å². The van der Waals surface area contributed by atoms with E-state index in [1.807, 2.05) is 18.2 Å². The third-order valence-electron chi connectivity index (χ3n) is 10.1. The maximum atomic E-state index is 13.4. The Labute approximate surface area is 386 Å². The zero-order chi connectivity index (χ0) is 47.4. The number of azo groups is 2. The summed E-state index contributed by atoms with van der Waals surface area (Å²) in [7, 11) is 0. The number of rotatable bonds is 14. The molecular formula is C51H34N10O7. The Morgan fingerprint density at radius 3 is 1.91 bits per heavy atom. The number of nitriles is 1. The molecule has 0 saturated heterocycles. The van der Waals surface area contributed by atoms with Crippen molar-refractivity contribution in [3.63, 3.8) is 0 Å². The first-order valence-electron chi connectivity index (χ1n) is 20.4. The van der Waals surface area contributed by atoms with Crippen LogP contribution < -0.4 is 16.1 Å². The summed E-state index contributed by atoms with van der Waals surface area (Å²) in [4.78, 5) is 52.6. The Hall–Kier alpha value is -10.3. The molecule has 17 nitrogen and oxygen atoms in total. The van der Waals surface area contributed by atoms with Gasteiger partial charge in [-0.05, 0) is 126 Å². The van der Waals surface area contributed by atoms with Gasteiger partial charge in [-0.25, -0.2) is 15.1 Å². The largest absolute Gasteiger partial charge is 0.506 e. The standard InChI is InChI=1S/C51H34N10O7/c1-53-40-5-3-7-42(27-40)61-68-30-54-67-29-32-8-20-43-35(24-32)14-22-45(62)47(43)59-57-38-16-9-33(10-17-38)49(64)34-11-18-39(19-12-34)58-60-48-44-21-13-37(26-36(44)15-23-46(48)63)50(65)56-51(66)55-41-6-2-4-31(25-41)28-52/h2-27,30,61-63H,29H2,(H2,55,56,65,66)/b54-30+,59-57?,60-58?. The summed E-state index contributed by atoms with van der Waals surface area (Å²) in [5.41, 5.74) is 7.46. The number of nitrogens with one attached hydrogen (secondary N) is 3. The molecule has 0 aromatic heterocycles. The Kier molecular flexibility index (Phi) is 13.4. The predicted octanol–water partition coefficient (Wildman–Crippen LogP) is 12.4. The molecule has 0 unspecified atom stereocenters. The molecule has 5 N–H and O–H groups in total. The summed E-state index contributed by atoms with van der Waals surface area (Å²) in [6.07, 6.45) is 1.10. The lowest BCUT2D eigenvalue weighted by Gasteiger charge is -2.09. The van der Waals surface area contributed by atoms with Crippen molar-refractivity contribution >= 4 is 85.5 Å². The van der Waals surface area contributed by atoms with Gasteiger partial charge in [-0.3, -0.25) is 14.9 Å². The van der Waals surface area contributed by atoms with Crippen molar-refractivity contribution in [1.29, 1.82) is 5.26 Å². The third kappa shape index (κ3) is 10.7. The normalized spacial score (nSPS) is 11.1. The molecule has 0 fully saturated rings. The van der Waals surface area contributed by atoms with Gasteiger partial charge in [0.25, 0.3) is 5.91 Å². The molecule has 3 amide bonds. The molecule has 8 rings (SSSR count). The van der Waals surface area contributed by atoms with Crippen LogP contribution in [0.5, 0.6) is 11.5 Å². The van der Waals surface area contributed by atoms with Crippen LogP contribution in [-0.4, -0.2) is 34.3 Å². The summed E-state index contributed by atoms with van der Waals surface area (Å²) in [6, 6.07) is 43.6. The number of amides is 3. The molecule has 0 aliphatic carbocycles. The molecule has 0 spiro atoms. The number of ketones is 1. The number of aromatic hydroxyl groups is 2. The van der Waals surface area contributed by atoms with Crippen molar-refractivity contribution in [2.24, 2.45) is 25.6 Å². The number of imide groups is 1. The third-order valence-corrected chi connectivity index (χ3v) is 10.1. The molecule has 0 aliphatic rings. The molecule has 0 heterocycles. The van der Waals surface area contributed by atoms with Gasteiger partial charge in [-0.15, -0.1) is 10.2 Å². The van der Waals surface area contributed by atoms with Crippen LogP contribution >= 0.6 is 0 Å². The smallest absolute Gasteiger partial charge is 0.326 e. The first-order valence-corrected chi connectivity index (χ1v) is 20.4. The lowest BCUT2D eigenvalue weighted by atomic mass is 10.0. The quantitative estimate of drug-likeness (QED) is 0.0174. The van der Waals surface area contributed by atoms with Gasteiger partial charge >= 0.3 is 6.03 Å². The number of fused-ring (bicyclic) bond motifs is 2. The number of benzene rings is 8. The molecule has 330 valence electrons. The monoisotopic (exact) mass is 898 g/mol. The Balaban J connectivity index is 0.861. The first-order chi connectivity index (χ1) is 33.1. The van der Waals surface area contributed by atoms with Gasteiger partial charge in [0, 0.05) is 33.2 Å². The van der Waals surface area contributed by atoms with E-state index in [0.29, 0.717) is 61.3 Å². The topological polar surface area (TPSA) is 236 Å². The second kappa shape index (κ2) is 20.5. The van der Waals surface area contributed by atoms with Crippen molar-refractivity contribution in [3.8, 4) is 17.6 Å². The molecular weight excluding hydrogens is 865 g/mol. The average molecular weight is 899 g/mol. The summed E-state index contributed by atoms with van der Waals surface area (Å²) in [5, 5.41) is 58.6. The maximum absolute atomic E-state index is 13.4. The van der Waals surface area contributed by atoms with E-state index >= 15 is 0 Å². The highest BCUT2D eigenvalue weighted by Gasteiger charge is 2.15. The van der Waals surface area contributed by atoms with Gasteiger partial charge < -0.3 is 25.2 Å². The fourth-order valence-corrected chi connectivity index (χ4v) is 6.74. The molecule has 8 aromatic carbocycles. The van der Waals surface area contributed by atoms with Gasteiger partial charge in [-0.2, -0.15) is 15.5 Å². The van der Waals surface area contributed by atoms with Crippen molar-refractivity contribution in [3.05, 3.63) is 197 Å². The van der Waals surface area contributed by atoms with E-state index in [-0.39, 0.29) is 40.8 Å². The Morgan fingerprint density at radius 2 is 1.26 bits per heavy atom. The van der Waals surface area contributed by atoms with Crippen LogP contribution in [0.15, 0.2) is 183 Å². The zero-order valence-electron chi connectivity index (χ0n) is 35.4. The highest BCUT2D eigenvalue weighted by atomic mass is 16.7. The summed E-state index contributed by atoms with van der Waals surface area (Å²) in [6.45, 7) is 7.23. The molecule has 0 radical (unpaired) electrons. The van der Waals surface area contributed by atoms with Crippen molar-refractivity contribution in [2.75, 3.05) is 10.8 Å². The summed E-state index contributed by atoms with van der Waals surface area (Å²) in [5.74, 6) is -1.13. The van der Waals surface area contributed by atoms with Gasteiger partial charge in [0.2, 0.25) is 6.40 Å². The van der Waals surface area contributed by atoms with E-state index in [9.17, 15) is 24.6 Å². The number of phenols is 2. The van der Waals surface area contributed by atoms with E-state index in [0.717, 1.165) is 17.4 Å². The lowest BCUT2D eigenvalue weighted by molar-refractivity contribution is 0.0966. The predicted molar refractivity (Wildman–Crippen MR) is 254 cm³/mol. The number of carbonyl (C=O) groups is 3. The van der Waals surface area contributed by atoms with Crippen LogP contribution in [0.25, 0.3) is 26.4 Å². The molecule has 68 heavy (non-hydrogen) atoms. The minimum Gasteiger partial charge on any atom is -0.506 e. The minimum absolute atomic E-state index is 0.0630. The Bertz CT molecular complexity index is 3420. The van der Waals surface area contributed by atoms with Gasteiger partial charge in [0.05, 0.1) is 35.3 Å². The van der Waals surface area contributed by atoms with E-state index in [2.05, 4.69) is 46.6 Å². The molecule has 0 atom stereocenters. The van der Waals surface area contributed by atoms with E-state index in [1.54, 1.807) is 121 Å². The molecule has 0 saturated carbocycles. The van der Waals surface area contributed by atoms with E-state index < -0.39 is 11.9 Å². The van der Waals surface area contributed by atoms with Crippen LogP contribution in [0.4, 0.5) is 44.6 Å². The van der Waals surface area contributed by atoms with Crippen molar-refractivity contribution < 1.29 is 34.3 Å². The van der Waals surface area contributed by atoms with E-state index in [4.69, 9.17) is 21.5 Å². The zero-order valence-corrected chi connectivity index (χ0v) is 35.4. The van der Waals surface area contributed by atoms with Crippen LogP contribution in [0.2, 0.25) is 0 Å². The summed E-state index contributed by atoms with van der Waals surface area (Å²) < 4.78 is 0. The van der Waals surface area contributed by atoms with Crippen LogP contribution in [0.1, 0.15) is 37.4 Å². The molecule has 0 aliphatic heterocycles. The van der Waals surface area contributed by atoms with Gasteiger partial charge in [-0.1, -0.05) is 53.7 Å². The maximum Gasteiger partial charge on any atom is 0.326 e. The number of carbonyl (C=O) groups excluding carboxylic acids is 3. The average Bonchev–Trinajstić information content (AvgIpc) is 3.36. The fourth-order valence-electron chi connectivity index (χ4n) is 6.74. The number of hydrogen-bond donors (Lipinski definition) is 5. The SMILES string of the molecule is [C-]#[N+]c1cccc(NO/C=N/OCc2ccc3c(N=Nc4ccc(C(=O)c5ccc(N=Nc6c(O)ccc7cc(C(=O)NC(=O)Nc8cccc(C#N)c8)ccc67)cc5)cc4)c(O)ccc3c2)c1. The number of nitrogens with zero attached hydrogens (tertiary/aromatic N) is 7. The molecule has 17 heteroatoms. The van der Waals surface area contributed by atoms with Gasteiger partial charge in [0.1, 0.15) is 29.5 Å². The summed E-state index contributed by atoms with van der Waals surface area (Å²) >= 11 is 0. The number of phenolic OH excluding ortho intramolecular Hbond substituents is 2. The highest BCUT2D eigenvalue weighted by molar-refractivity contribution is 6.10. The number of oxime groups is 1.